The minimum absolute atomic E-state index is 0.0290. The third-order valence-corrected chi connectivity index (χ3v) is 3.29. The Hall–Kier alpha value is -1.69. The molecule has 1 aromatic heterocycles. The topological polar surface area (TPSA) is 29.9 Å². The maximum Gasteiger partial charge on any atom is 0.416 e. The van der Waals surface area contributed by atoms with Gasteiger partial charge < -0.3 is 5.32 Å². The van der Waals surface area contributed by atoms with Gasteiger partial charge in [-0.3, -0.25) is 4.57 Å². The number of nitrogens with one attached hydrogen (secondary N) is 1. The van der Waals surface area contributed by atoms with Gasteiger partial charge in [0.05, 0.1) is 16.3 Å². The van der Waals surface area contributed by atoms with E-state index in [0.29, 0.717) is 11.6 Å². The van der Waals surface area contributed by atoms with E-state index in [1.54, 1.807) is 17.0 Å². The average molecular weight is 318 g/mol. The summed E-state index contributed by atoms with van der Waals surface area (Å²) < 4.78 is 39.5. The zero-order chi connectivity index (χ0) is 15.5. The van der Waals surface area contributed by atoms with E-state index in [9.17, 15) is 13.2 Å². The van der Waals surface area contributed by atoms with E-state index < -0.39 is 11.7 Å². The number of alkyl halides is 3. The van der Waals surface area contributed by atoms with Gasteiger partial charge in [0, 0.05) is 18.9 Å². The fraction of sp³-hybridized carbons (Fsp3) is 0.357. The molecule has 0 saturated carbocycles. The Kier molecular flexibility index (Phi) is 4.77. The molecule has 2 rings (SSSR count). The van der Waals surface area contributed by atoms with E-state index >= 15 is 0 Å². The highest BCUT2D eigenvalue weighted by Gasteiger charge is 2.31. The van der Waals surface area contributed by atoms with Gasteiger partial charge in [-0.05, 0) is 24.6 Å². The molecule has 0 unspecified atom stereocenters. The number of halogens is 4. The predicted molar refractivity (Wildman–Crippen MR) is 77.0 cm³/mol. The van der Waals surface area contributed by atoms with E-state index in [1.165, 1.54) is 6.07 Å². The molecule has 3 nitrogen and oxygen atoms in total. The zero-order valence-electron chi connectivity index (χ0n) is 11.4. The number of benzene rings is 1. The third kappa shape index (κ3) is 3.69. The lowest BCUT2D eigenvalue weighted by Gasteiger charge is -2.13. The van der Waals surface area contributed by atoms with Crippen LogP contribution in [0.1, 0.15) is 25.3 Å². The van der Waals surface area contributed by atoms with Crippen molar-refractivity contribution >= 4 is 17.5 Å². The van der Waals surface area contributed by atoms with Crippen LogP contribution in [0.25, 0.3) is 5.69 Å². The quantitative estimate of drug-likeness (QED) is 0.806. The molecule has 0 bridgehead atoms. The van der Waals surface area contributed by atoms with Gasteiger partial charge in [-0.2, -0.15) is 13.2 Å². The molecule has 2 aromatic rings. The number of hydrogen-bond acceptors (Lipinski definition) is 2. The maximum atomic E-state index is 12.6. The highest BCUT2D eigenvalue weighted by Crippen LogP contribution is 2.33. The largest absolute Gasteiger partial charge is 0.416 e. The van der Waals surface area contributed by atoms with Gasteiger partial charge in [-0.1, -0.05) is 24.9 Å². The molecular formula is C14H15ClF3N3. The Balaban J connectivity index is 2.29. The van der Waals surface area contributed by atoms with E-state index in [0.717, 1.165) is 31.5 Å². The number of nitrogens with zero attached hydrogens (tertiary/aromatic N) is 2. The fourth-order valence-corrected chi connectivity index (χ4v) is 2.16. The standard InChI is InChI=1S/C14H15ClF3N3/c1-2-3-6-19-13-20-7-8-21(13)12-5-4-10(9-11(12)15)14(16,17)18/h4-5,7-9H,2-3,6H2,1H3,(H,19,20). The van der Waals surface area contributed by atoms with Crippen LogP contribution >= 0.6 is 11.6 Å². The van der Waals surface area contributed by atoms with Crippen LogP contribution in [0.2, 0.25) is 5.02 Å². The molecule has 7 heteroatoms. The van der Waals surface area contributed by atoms with E-state index in [2.05, 4.69) is 17.2 Å². The lowest BCUT2D eigenvalue weighted by atomic mass is 10.2. The Morgan fingerprint density at radius 2 is 2.10 bits per heavy atom. The van der Waals surface area contributed by atoms with Crippen LogP contribution in [-0.4, -0.2) is 16.1 Å². The first-order valence-electron chi connectivity index (χ1n) is 6.58. The van der Waals surface area contributed by atoms with Crippen molar-refractivity contribution in [2.75, 3.05) is 11.9 Å². The van der Waals surface area contributed by atoms with Gasteiger partial charge in [0.2, 0.25) is 5.95 Å². The predicted octanol–water partition coefficient (Wildman–Crippen LogP) is 4.76. The second kappa shape index (κ2) is 6.39. The molecule has 114 valence electrons. The van der Waals surface area contributed by atoms with E-state index in [1.807, 2.05) is 0 Å². The minimum Gasteiger partial charge on any atom is -0.355 e. The summed E-state index contributed by atoms with van der Waals surface area (Å²) in [6.07, 6.45) is 0.840. The summed E-state index contributed by atoms with van der Waals surface area (Å²) in [6, 6.07) is 3.28. The summed E-state index contributed by atoms with van der Waals surface area (Å²) in [7, 11) is 0. The maximum absolute atomic E-state index is 12.6. The fourth-order valence-electron chi connectivity index (χ4n) is 1.88. The Labute approximate surface area is 125 Å². The van der Waals surface area contributed by atoms with Gasteiger partial charge in [-0.25, -0.2) is 4.98 Å². The monoisotopic (exact) mass is 317 g/mol. The highest BCUT2D eigenvalue weighted by atomic mass is 35.5. The molecule has 0 saturated heterocycles. The summed E-state index contributed by atoms with van der Waals surface area (Å²) in [5, 5.41) is 3.16. The molecule has 0 radical (unpaired) electrons. The summed E-state index contributed by atoms with van der Waals surface area (Å²) in [6.45, 7) is 2.81. The molecule has 0 amide bonds. The lowest BCUT2D eigenvalue weighted by molar-refractivity contribution is -0.137. The minimum atomic E-state index is -4.40. The molecule has 21 heavy (non-hydrogen) atoms. The van der Waals surface area contributed by atoms with Crippen molar-refractivity contribution in [1.29, 1.82) is 0 Å². The zero-order valence-corrected chi connectivity index (χ0v) is 12.2. The molecule has 1 aromatic carbocycles. The second-order valence-corrected chi connectivity index (χ2v) is 4.97. The first-order chi connectivity index (χ1) is 9.93. The number of rotatable bonds is 5. The van der Waals surface area contributed by atoms with Crippen LogP contribution in [0.3, 0.4) is 0 Å². The number of unbranched alkanes of at least 4 members (excludes halogenated alkanes) is 1. The summed E-state index contributed by atoms with van der Waals surface area (Å²) in [5.74, 6) is 0.560. The molecule has 0 spiro atoms. The van der Waals surface area contributed by atoms with Crippen LogP contribution in [0, 0.1) is 0 Å². The summed E-state index contributed by atoms with van der Waals surface area (Å²) in [5.41, 5.74) is -0.307. The van der Waals surface area contributed by atoms with Gasteiger partial charge in [0.1, 0.15) is 0 Å². The van der Waals surface area contributed by atoms with Crippen molar-refractivity contribution < 1.29 is 13.2 Å². The van der Waals surface area contributed by atoms with Gasteiger partial charge in [0.25, 0.3) is 0 Å². The highest BCUT2D eigenvalue weighted by molar-refractivity contribution is 6.32. The number of imidazole rings is 1. The number of aromatic nitrogens is 2. The van der Waals surface area contributed by atoms with Crippen molar-refractivity contribution in [2.24, 2.45) is 0 Å². The first kappa shape index (κ1) is 15.7. The van der Waals surface area contributed by atoms with Crippen LogP contribution in [0.4, 0.5) is 19.1 Å². The third-order valence-electron chi connectivity index (χ3n) is 2.99. The van der Waals surface area contributed by atoms with Crippen molar-refractivity contribution in [3.8, 4) is 5.69 Å². The van der Waals surface area contributed by atoms with Crippen LogP contribution < -0.4 is 5.32 Å². The van der Waals surface area contributed by atoms with Crippen LogP contribution in [-0.2, 0) is 6.18 Å². The molecule has 0 aliphatic carbocycles. The summed E-state index contributed by atoms with van der Waals surface area (Å²) >= 11 is 5.98. The van der Waals surface area contributed by atoms with Gasteiger partial charge in [0.15, 0.2) is 0 Å². The Morgan fingerprint density at radius 3 is 2.71 bits per heavy atom. The molecule has 1 heterocycles. The SMILES string of the molecule is CCCCNc1nccn1-c1ccc(C(F)(F)F)cc1Cl. The molecule has 0 aliphatic heterocycles. The van der Waals surface area contributed by atoms with Crippen molar-refractivity contribution in [3.63, 3.8) is 0 Å². The summed E-state index contributed by atoms with van der Waals surface area (Å²) in [4.78, 5) is 4.15. The first-order valence-corrected chi connectivity index (χ1v) is 6.95. The molecular weight excluding hydrogens is 303 g/mol. The normalized spacial score (nSPS) is 11.7. The Bertz CT molecular complexity index is 608. The lowest BCUT2D eigenvalue weighted by Crippen LogP contribution is -2.09. The number of hydrogen-bond donors (Lipinski definition) is 1. The van der Waals surface area contributed by atoms with Gasteiger partial charge in [-0.15, -0.1) is 0 Å². The van der Waals surface area contributed by atoms with Crippen molar-refractivity contribution in [3.05, 3.63) is 41.2 Å². The van der Waals surface area contributed by atoms with Crippen LogP contribution in [0.15, 0.2) is 30.6 Å². The smallest absolute Gasteiger partial charge is 0.355 e. The van der Waals surface area contributed by atoms with Crippen molar-refractivity contribution in [2.45, 2.75) is 25.9 Å². The molecule has 0 atom stereocenters. The molecule has 0 fully saturated rings. The second-order valence-electron chi connectivity index (χ2n) is 4.57. The van der Waals surface area contributed by atoms with Crippen molar-refractivity contribution in [1.82, 2.24) is 9.55 Å². The number of anilines is 1. The molecule has 1 N–H and O–H groups in total. The van der Waals surface area contributed by atoms with E-state index in [-0.39, 0.29) is 5.02 Å². The van der Waals surface area contributed by atoms with Crippen LogP contribution in [0.5, 0.6) is 0 Å². The average Bonchev–Trinajstić information content (AvgIpc) is 2.86. The van der Waals surface area contributed by atoms with Gasteiger partial charge >= 0.3 is 6.18 Å². The Morgan fingerprint density at radius 1 is 1.33 bits per heavy atom. The molecule has 0 aliphatic rings. The van der Waals surface area contributed by atoms with E-state index in [4.69, 9.17) is 11.6 Å².